The van der Waals surface area contributed by atoms with Crippen LogP contribution < -0.4 is 10.2 Å². The Hall–Kier alpha value is -3.35. The largest absolute Gasteiger partial charge is 0.507 e. The Balaban J connectivity index is 1.79. The van der Waals surface area contributed by atoms with Crippen molar-refractivity contribution in [2.75, 3.05) is 16.8 Å². The molecule has 2 N–H and O–H groups in total. The molecule has 1 heterocycles. The fourth-order valence-electron chi connectivity index (χ4n) is 2.74. The zero-order valence-electron chi connectivity index (χ0n) is 14.4. The van der Waals surface area contributed by atoms with E-state index in [4.69, 9.17) is 4.74 Å². The van der Waals surface area contributed by atoms with Crippen LogP contribution in [0.2, 0.25) is 0 Å². The molecule has 7 heteroatoms. The maximum Gasteiger partial charge on any atom is 0.342 e. The van der Waals surface area contributed by atoms with Crippen LogP contribution in [-0.4, -0.2) is 35.5 Å². The van der Waals surface area contributed by atoms with Crippen LogP contribution in [0.4, 0.5) is 11.4 Å². The molecule has 0 aromatic heterocycles. The van der Waals surface area contributed by atoms with E-state index in [1.807, 2.05) is 0 Å². The first-order valence-electron chi connectivity index (χ1n) is 8.07. The highest BCUT2D eigenvalue weighted by atomic mass is 16.5. The number of hydrogen-bond donors (Lipinski definition) is 2. The molecule has 7 nitrogen and oxygen atoms in total. The van der Waals surface area contributed by atoms with E-state index in [0.717, 1.165) is 5.56 Å². The number of aryl methyl sites for hydroxylation is 1. The second kappa shape index (κ2) is 6.87. The number of carbonyl (C=O) groups is 3. The molecule has 0 bridgehead atoms. The maximum absolute atomic E-state index is 12.7. The molecule has 134 valence electrons. The van der Waals surface area contributed by atoms with Gasteiger partial charge in [0.15, 0.2) is 6.10 Å². The van der Waals surface area contributed by atoms with Crippen molar-refractivity contribution in [2.45, 2.75) is 20.0 Å². The lowest BCUT2D eigenvalue weighted by Crippen LogP contribution is -2.47. The summed E-state index contributed by atoms with van der Waals surface area (Å²) < 4.78 is 5.22. The number of para-hydroxylation sites is 2. The molecule has 0 aliphatic carbocycles. The highest BCUT2D eigenvalue weighted by Crippen LogP contribution is 2.29. The van der Waals surface area contributed by atoms with Gasteiger partial charge >= 0.3 is 5.97 Å². The van der Waals surface area contributed by atoms with Gasteiger partial charge in [-0.25, -0.2) is 4.79 Å². The number of nitrogens with one attached hydrogen (secondary N) is 1. The van der Waals surface area contributed by atoms with Crippen LogP contribution in [0.1, 0.15) is 22.8 Å². The van der Waals surface area contributed by atoms with Gasteiger partial charge in [-0.2, -0.15) is 0 Å². The Bertz CT molecular complexity index is 893. The number of hydrogen-bond acceptors (Lipinski definition) is 5. The Morgan fingerprint density at radius 3 is 2.73 bits per heavy atom. The van der Waals surface area contributed by atoms with Crippen LogP contribution in [0.25, 0.3) is 0 Å². The molecule has 1 unspecified atom stereocenters. The predicted octanol–water partition coefficient (Wildman–Crippen LogP) is 2.23. The number of phenolic OH excluding ortho intramolecular Hbond substituents is 1. The van der Waals surface area contributed by atoms with Crippen molar-refractivity contribution in [1.29, 1.82) is 0 Å². The molecule has 26 heavy (non-hydrogen) atoms. The quantitative estimate of drug-likeness (QED) is 0.824. The van der Waals surface area contributed by atoms with Gasteiger partial charge < -0.3 is 15.2 Å². The van der Waals surface area contributed by atoms with E-state index in [2.05, 4.69) is 5.32 Å². The molecule has 0 saturated carbocycles. The van der Waals surface area contributed by atoms with Crippen molar-refractivity contribution in [3.63, 3.8) is 0 Å². The minimum Gasteiger partial charge on any atom is -0.507 e. The third-order valence-electron chi connectivity index (χ3n) is 4.04. The van der Waals surface area contributed by atoms with Crippen LogP contribution in [0.15, 0.2) is 42.5 Å². The summed E-state index contributed by atoms with van der Waals surface area (Å²) in [4.78, 5) is 38.1. The number of aromatic hydroxyl groups is 1. The van der Waals surface area contributed by atoms with Crippen LogP contribution >= 0.6 is 0 Å². The number of rotatable bonds is 3. The number of carbonyl (C=O) groups excluding carboxylic acids is 3. The SMILES string of the molecule is Cc1ccc(O)c(C(=O)OC(C)C(=O)N2CC(=O)Nc3ccccc32)c1. The van der Waals surface area contributed by atoms with E-state index < -0.39 is 18.0 Å². The minimum absolute atomic E-state index is 0.0126. The van der Waals surface area contributed by atoms with Gasteiger partial charge in [0.2, 0.25) is 5.91 Å². The third-order valence-corrected chi connectivity index (χ3v) is 4.04. The highest BCUT2D eigenvalue weighted by molar-refractivity contribution is 6.11. The first-order chi connectivity index (χ1) is 12.4. The van der Waals surface area contributed by atoms with E-state index in [9.17, 15) is 19.5 Å². The number of ether oxygens (including phenoxy) is 1. The smallest absolute Gasteiger partial charge is 0.342 e. The Morgan fingerprint density at radius 2 is 1.96 bits per heavy atom. The van der Waals surface area contributed by atoms with E-state index in [-0.39, 0.29) is 23.8 Å². The van der Waals surface area contributed by atoms with Crippen LogP contribution in [0, 0.1) is 6.92 Å². The number of nitrogens with zero attached hydrogens (tertiary/aromatic N) is 1. The summed E-state index contributed by atoms with van der Waals surface area (Å²) in [5, 5.41) is 12.5. The molecule has 3 rings (SSSR count). The Kier molecular flexibility index (Phi) is 4.62. The normalized spacial score (nSPS) is 14.2. The summed E-state index contributed by atoms with van der Waals surface area (Å²) in [5.41, 5.74) is 1.82. The van der Waals surface area contributed by atoms with Gasteiger partial charge in [-0.3, -0.25) is 14.5 Å². The van der Waals surface area contributed by atoms with Gasteiger partial charge in [0.05, 0.1) is 11.4 Å². The molecule has 1 atom stereocenters. The number of fused-ring (bicyclic) bond motifs is 1. The average molecular weight is 354 g/mol. The molecule has 0 fully saturated rings. The topological polar surface area (TPSA) is 95.9 Å². The molecule has 0 saturated heterocycles. The van der Waals surface area contributed by atoms with Crippen molar-refractivity contribution in [3.8, 4) is 5.75 Å². The summed E-state index contributed by atoms with van der Waals surface area (Å²) in [6.07, 6.45) is -1.12. The molecule has 0 spiro atoms. The lowest BCUT2D eigenvalue weighted by Gasteiger charge is -2.30. The summed E-state index contributed by atoms with van der Waals surface area (Å²) >= 11 is 0. The molecule has 1 aliphatic heterocycles. The number of anilines is 2. The minimum atomic E-state index is -1.12. The Morgan fingerprint density at radius 1 is 1.23 bits per heavy atom. The van der Waals surface area contributed by atoms with Crippen LogP contribution in [0.5, 0.6) is 5.75 Å². The first-order valence-corrected chi connectivity index (χ1v) is 8.07. The molecule has 0 radical (unpaired) electrons. The fourth-order valence-corrected chi connectivity index (χ4v) is 2.74. The van der Waals surface area contributed by atoms with Crippen LogP contribution in [-0.2, 0) is 14.3 Å². The predicted molar refractivity (Wildman–Crippen MR) is 95.1 cm³/mol. The van der Waals surface area contributed by atoms with Gasteiger partial charge in [0.25, 0.3) is 5.91 Å². The van der Waals surface area contributed by atoms with E-state index >= 15 is 0 Å². The number of esters is 1. The Labute approximate surface area is 150 Å². The number of amides is 2. The molecular weight excluding hydrogens is 336 g/mol. The number of benzene rings is 2. The highest BCUT2D eigenvalue weighted by Gasteiger charge is 2.31. The molecule has 2 amide bonds. The molecule has 2 aromatic rings. The zero-order valence-corrected chi connectivity index (χ0v) is 14.4. The van der Waals surface area contributed by atoms with E-state index in [1.54, 1.807) is 37.3 Å². The molecular formula is C19H18N2O5. The second-order valence-electron chi connectivity index (χ2n) is 6.06. The summed E-state index contributed by atoms with van der Waals surface area (Å²) in [5.74, 6) is -1.87. The summed E-state index contributed by atoms with van der Waals surface area (Å²) in [7, 11) is 0. The van der Waals surface area contributed by atoms with Crippen molar-refractivity contribution >= 4 is 29.2 Å². The van der Waals surface area contributed by atoms with E-state index in [1.165, 1.54) is 24.0 Å². The van der Waals surface area contributed by atoms with Crippen molar-refractivity contribution in [3.05, 3.63) is 53.6 Å². The van der Waals surface area contributed by atoms with Crippen molar-refractivity contribution in [1.82, 2.24) is 0 Å². The monoisotopic (exact) mass is 354 g/mol. The molecule has 1 aliphatic rings. The van der Waals surface area contributed by atoms with Crippen molar-refractivity contribution in [2.24, 2.45) is 0 Å². The standard InChI is InChI=1S/C19H18N2O5/c1-11-7-8-16(22)13(9-11)19(25)26-12(2)18(24)21-10-17(23)20-14-5-3-4-6-15(14)21/h3-9,12,22H,10H2,1-2H3,(H,20,23). The lowest BCUT2D eigenvalue weighted by atomic mass is 10.1. The molecule has 2 aromatic carbocycles. The first kappa shape index (κ1) is 17.5. The summed E-state index contributed by atoms with van der Waals surface area (Å²) in [6, 6.07) is 11.4. The zero-order chi connectivity index (χ0) is 18.8. The fraction of sp³-hybridized carbons (Fsp3) is 0.211. The third kappa shape index (κ3) is 3.37. The van der Waals surface area contributed by atoms with Gasteiger partial charge in [-0.1, -0.05) is 23.8 Å². The van der Waals surface area contributed by atoms with Gasteiger partial charge in [0, 0.05) is 0 Å². The second-order valence-corrected chi connectivity index (χ2v) is 6.06. The summed E-state index contributed by atoms with van der Waals surface area (Å²) in [6.45, 7) is 3.05. The van der Waals surface area contributed by atoms with Crippen molar-refractivity contribution < 1.29 is 24.2 Å². The maximum atomic E-state index is 12.7. The van der Waals surface area contributed by atoms with Gasteiger partial charge in [-0.05, 0) is 38.1 Å². The van der Waals surface area contributed by atoms with Crippen LogP contribution in [0.3, 0.4) is 0 Å². The lowest BCUT2D eigenvalue weighted by molar-refractivity contribution is -0.128. The van der Waals surface area contributed by atoms with Gasteiger partial charge in [-0.15, -0.1) is 0 Å². The van der Waals surface area contributed by atoms with Gasteiger partial charge in [0.1, 0.15) is 17.9 Å². The van der Waals surface area contributed by atoms with E-state index in [0.29, 0.717) is 11.4 Å². The number of phenols is 1. The average Bonchev–Trinajstić information content (AvgIpc) is 2.62.